The predicted octanol–water partition coefficient (Wildman–Crippen LogP) is 1.16. The van der Waals surface area contributed by atoms with Crippen LogP contribution in [0.5, 0.6) is 0 Å². The maximum absolute atomic E-state index is 4.05. The molecule has 0 fully saturated rings. The number of H-pyrrole nitrogens is 1. The Hall–Kier alpha value is -1.36. The first kappa shape index (κ1) is 7.30. The van der Waals surface area contributed by atoms with Gasteiger partial charge in [-0.2, -0.15) is 5.10 Å². The van der Waals surface area contributed by atoms with E-state index in [1.54, 1.807) is 12.4 Å². The molecule has 60 valence electrons. The number of rotatable bonds is 1. The highest BCUT2D eigenvalue weighted by Crippen LogP contribution is 2.12. The van der Waals surface area contributed by atoms with Crippen molar-refractivity contribution >= 4 is 12.6 Å². The molecule has 0 aliphatic rings. The SMILES string of the molecule is Sc1nc(-c2ccncc2)n[nH]1. The number of aromatic nitrogens is 4. The molecule has 0 amide bonds. The van der Waals surface area contributed by atoms with Gasteiger partial charge in [-0.05, 0) is 12.1 Å². The summed E-state index contributed by atoms with van der Waals surface area (Å²) < 4.78 is 0. The minimum Gasteiger partial charge on any atom is -0.265 e. The molecule has 0 radical (unpaired) electrons. The van der Waals surface area contributed by atoms with Crippen molar-refractivity contribution in [1.29, 1.82) is 0 Å². The first-order valence-corrected chi connectivity index (χ1v) is 3.83. The van der Waals surface area contributed by atoms with Gasteiger partial charge in [0.1, 0.15) is 0 Å². The number of thiol groups is 1. The zero-order chi connectivity index (χ0) is 8.39. The van der Waals surface area contributed by atoms with Crippen molar-refractivity contribution in [3.63, 3.8) is 0 Å². The van der Waals surface area contributed by atoms with Crippen LogP contribution in [-0.4, -0.2) is 20.2 Å². The van der Waals surface area contributed by atoms with Crippen LogP contribution < -0.4 is 0 Å². The molecule has 2 rings (SSSR count). The summed E-state index contributed by atoms with van der Waals surface area (Å²) >= 11 is 4.01. The van der Waals surface area contributed by atoms with Crippen LogP contribution in [0.25, 0.3) is 11.4 Å². The van der Waals surface area contributed by atoms with E-state index in [0.29, 0.717) is 11.0 Å². The standard InChI is InChI=1S/C7H6N4S/c12-7-9-6(10-11-7)5-1-3-8-4-2-5/h1-4H,(H2,9,10,11,12). The Balaban J connectivity index is 2.45. The van der Waals surface area contributed by atoms with E-state index in [9.17, 15) is 0 Å². The van der Waals surface area contributed by atoms with Gasteiger partial charge in [0.2, 0.25) is 0 Å². The molecule has 0 aromatic carbocycles. The topological polar surface area (TPSA) is 54.5 Å². The Kier molecular flexibility index (Phi) is 1.79. The van der Waals surface area contributed by atoms with Gasteiger partial charge in [-0.15, -0.1) is 12.6 Å². The Labute approximate surface area is 74.5 Å². The average Bonchev–Trinajstić information content (AvgIpc) is 2.54. The minimum atomic E-state index is 0.516. The highest BCUT2D eigenvalue weighted by molar-refractivity contribution is 7.80. The number of nitrogens with one attached hydrogen (secondary N) is 1. The summed E-state index contributed by atoms with van der Waals surface area (Å²) in [6.45, 7) is 0. The van der Waals surface area contributed by atoms with E-state index >= 15 is 0 Å². The molecule has 0 bridgehead atoms. The van der Waals surface area contributed by atoms with Gasteiger partial charge in [-0.3, -0.25) is 10.1 Å². The van der Waals surface area contributed by atoms with Crippen LogP contribution in [0, 0.1) is 0 Å². The Morgan fingerprint density at radius 3 is 2.58 bits per heavy atom. The lowest BCUT2D eigenvalue weighted by molar-refractivity contribution is 0.980. The van der Waals surface area contributed by atoms with Crippen molar-refractivity contribution in [2.24, 2.45) is 0 Å². The molecule has 0 saturated carbocycles. The van der Waals surface area contributed by atoms with E-state index in [1.807, 2.05) is 12.1 Å². The zero-order valence-electron chi connectivity index (χ0n) is 6.10. The molecule has 4 nitrogen and oxygen atoms in total. The third-order valence-corrected chi connectivity index (χ3v) is 1.61. The van der Waals surface area contributed by atoms with Crippen molar-refractivity contribution in [2.45, 2.75) is 5.16 Å². The largest absolute Gasteiger partial charge is 0.265 e. The molecule has 0 saturated heterocycles. The zero-order valence-corrected chi connectivity index (χ0v) is 6.99. The number of hydrogen-bond acceptors (Lipinski definition) is 4. The Morgan fingerprint density at radius 1 is 1.25 bits per heavy atom. The quantitative estimate of drug-likeness (QED) is 0.644. The number of pyridine rings is 1. The fourth-order valence-corrected chi connectivity index (χ4v) is 1.03. The van der Waals surface area contributed by atoms with E-state index < -0.39 is 0 Å². The summed E-state index contributed by atoms with van der Waals surface area (Å²) in [5, 5.41) is 7.11. The van der Waals surface area contributed by atoms with Gasteiger partial charge in [0.15, 0.2) is 11.0 Å². The summed E-state index contributed by atoms with van der Waals surface area (Å²) in [6, 6.07) is 3.69. The minimum absolute atomic E-state index is 0.516. The molecule has 5 heteroatoms. The Morgan fingerprint density at radius 2 is 2.00 bits per heavy atom. The van der Waals surface area contributed by atoms with E-state index in [-0.39, 0.29) is 0 Å². The van der Waals surface area contributed by atoms with Crippen LogP contribution in [0.1, 0.15) is 0 Å². The van der Waals surface area contributed by atoms with Crippen LogP contribution >= 0.6 is 12.6 Å². The van der Waals surface area contributed by atoms with Crippen LogP contribution in [0.4, 0.5) is 0 Å². The number of aromatic amines is 1. The maximum Gasteiger partial charge on any atom is 0.182 e. The van der Waals surface area contributed by atoms with Gasteiger partial charge >= 0.3 is 0 Å². The molecule has 12 heavy (non-hydrogen) atoms. The van der Waals surface area contributed by atoms with Crippen molar-refractivity contribution in [3.05, 3.63) is 24.5 Å². The van der Waals surface area contributed by atoms with E-state index in [4.69, 9.17) is 0 Å². The molecular weight excluding hydrogens is 172 g/mol. The normalized spacial score (nSPS) is 10.1. The summed E-state index contributed by atoms with van der Waals surface area (Å²) in [6.07, 6.45) is 3.40. The van der Waals surface area contributed by atoms with Crippen molar-refractivity contribution in [2.75, 3.05) is 0 Å². The van der Waals surface area contributed by atoms with E-state index in [2.05, 4.69) is 32.8 Å². The lowest BCUT2D eigenvalue weighted by atomic mass is 10.3. The van der Waals surface area contributed by atoms with Gasteiger partial charge < -0.3 is 0 Å². The van der Waals surface area contributed by atoms with Gasteiger partial charge in [0.25, 0.3) is 0 Å². The lowest BCUT2D eigenvalue weighted by Gasteiger charge is -1.90. The van der Waals surface area contributed by atoms with E-state index in [0.717, 1.165) is 5.56 Å². The summed E-state index contributed by atoms with van der Waals surface area (Å²) in [5.41, 5.74) is 0.932. The molecule has 0 atom stereocenters. The van der Waals surface area contributed by atoms with Crippen molar-refractivity contribution in [1.82, 2.24) is 20.2 Å². The highest BCUT2D eigenvalue weighted by Gasteiger charge is 2.01. The van der Waals surface area contributed by atoms with Crippen LogP contribution in [0.3, 0.4) is 0 Å². The number of nitrogens with zero attached hydrogens (tertiary/aromatic N) is 3. The highest BCUT2D eigenvalue weighted by atomic mass is 32.1. The summed E-state index contributed by atoms with van der Waals surface area (Å²) in [4.78, 5) is 7.94. The molecule has 0 unspecified atom stereocenters. The lowest BCUT2D eigenvalue weighted by Crippen LogP contribution is -1.80. The average molecular weight is 178 g/mol. The second-order valence-electron chi connectivity index (χ2n) is 2.22. The van der Waals surface area contributed by atoms with Crippen molar-refractivity contribution in [3.8, 4) is 11.4 Å². The molecule has 2 aromatic heterocycles. The second kappa shape index (κ2) is 2.94. The Bertz CT molecular complexity index is 370. The smallest absolute Gasteiger partial charge is 0.182 e. The second-order valence-corrected chi connectivity index (χ2v) is 2.64. The monoisotopic (exact) mass is 178 g/mol. The third kappa shape index (κ3) is 1.31. The first-order valence-electron chi connectivity index (χ1n) is 3.38. The van der Waals surface area contributed by atoms with Crippen LogP contribution in [0.15, 0.2) is 29.7 Å². The predicted molar refractivity (Wildman–Crippen MR) is 46.9 cm³/mol. The first-order chi connectivity index (χ1) is 5.86. The molecule has 0 aliphatic heterocycles. The van der Waals surface area contributed by atoms with Crippen molar-refractivity contribution < 1.29 is 0 Å². The van der Waals surface area contributed by atoms with Crippen LogP contribution in [-0.2, 0) is 0 Å². The molecule has 2 heterocycles. The molecule has 2 aromatic rings. The fraction of sp³-hybridized carbons (Fsp3) is 0. The van der Waals surface area contributed by atoms with Gasteiger partial charge in [-0.25, -0.2) is 4.98 Å². The summed E-state index contributed by atoms with van der Waals surface area (Å²) in [5.74, 6) is 0.641. The van der Waals surface area contributed by atoms with Crippen LogP contribution in [0.2, 0.25) is 0 Å². The molecular formula is C7H6N4S. The van der Waals surface area contributed by atoms with E-state index in [1.165, 1.54) is 0 Å². The van der Waals surface area contributed by atoms with Gasteiger partial charge in [-0.1, -0.05) is 0 Å². The molecule has 1 N–H and O–H groups in total. The fourth-order valence-electron chi connectivity index (χ4n) is 0.883. The molecule has 0 aliphatic carbocycles. The molecule has 0 spiro atoms. The number of hydrogen-bond donors (Lipinski definition) is 2. The summed E-state index contributed by atoms with van der Waals surface area (Å²) in [7, 11) is 0. The third-order valence-electron chi connectivity index (χ3n) is 1.41. The van der Waals surface area contributed by atoms with Gasteiger partial charge in [0, 0.05) is 18.0 Å². The van der Waals surface area contributed by atoms with Gasteiger partial charge in [0.05, 0.1) is 0 Å². The maximum atomic E-state index is 4.05.